The highest BCUT2D eigenvalue weighted by Gasteiger charge is 2.20. The van der Waals surface area contributed by atoms with Crippen LogP contribution in [0.1, 0.15) is 87.5 Å². The largest absolute Gasteiger partial charge is 0.478 e. The first-order valence-corrected chi connectivity index (χ1v) is 10.3. The lowest BCUT2D eigenvalue weighted by Gasteiger charge is -2.19. The van der Waals surface area contributed by atoms with Crippen LogP contribution in [0.25, 0.3) is 0 Å². The zero-order valence-electron chi connectivity index (χ0n) is 18.0. The molecule has 182 valence electrons. The van der Waals surface area contributed by atoms with E-state index in [4.69, 9.17) is 19.7 Å². The second kappa shape index (κ2) is 16.6. The van der Waals surface area contributed by atoms with Crippen molar-refractivity contribution in [1.29, 1.82) is 0 Å². The van der Waals surface area contributed by atoms with Crippen LogP contribution in [0.3, 0.4) is 0 Å². The van der Waals surface area contributed by atoms with Gasteiger partial charge in [-0.05, 0) is 72.6 Å². The Bertz CT molecular complexity index is 611. The number of carboxylic acids is 2. The summed E-state index contributed by atoms with van der Waals surface area (Å²) >= 11 is 0. The molecule has 0 saturated heterocycles. The summed E-state index contributed by atoms with van der Waals surface area (Å²) in [7, 11) is 0. The number of nitrogens with one attached hydrogen (secondary N) is 2. The van der Waals surface area contributed by atoms with Gasteiger partial charge in [-0.2, -0.15) is 0 Å². The number of hydrogen-bond donors (Lipinski definition) is 4. The van der Waals surface area contributed by atoms with Crippen molar-refractivity contribution in [2.75, 3.05) is 13.5 Å². The number of allylic oxidation sites excluding steroid dienone is 2. The maximum atomic E-state index is 10.9. The fourth-order valence-electron chi connectivity index (χ4n) is 3.10. The highest BCUT2D eigenvalue weighted by atomic mass is 16.5. The van der Waals surface area contributed by atoms with Gasteiger partial charge in [0, 0.05) is 11.4 Å². The molecule has 8 heteroatoms. The smallest absolute Gasteiger partial charge is 0.333 e. The van der Waals surface area contributed by atoms with Gasteiger partial charge in [-0.1, -0.05) is 14.9 Å². The van der Waals surface area contributed by atoms with Crippen LogP contribution in [0.2, 0.25) is 0 Å². The third kappa shape index (κ3) is 12.4. The van der Waals surface area contributed by atoms with E-state index in [0.29, 0.717) is 37.4 Å². The Hall–Kier alpha value is -2.06. The van der Waals surface area contributed by atoms with Gasteiger partial charge in [0.25, 0.3) is 0 Å². The number of hydrogen-bond acceptors (Lipinski definition) is 6. The fourth-order valence-corrected chi connectivity index (χ4v) is 3.10. The minimum Gasteiger partial charge on any atom is -0.478 e. The lowest BCUT2D eigenvalue weighted by atomic mass is 9.96. The molecule has 0 heterocycles. The first-order chi connectivity index (χ1) is 13.7. The Morgan fingerprint density at radius 3 is 1.48 bits per heavy atom. The lowest BCUT2D eigenvalue weighted by molar-refractivity contribution is -0.133. The fraction of sp³-hybridized carbons (Fsp3) is 0.739. The van der Waals surface area contributed by atoms with E-state index in [1.54, 1.807) is 0 Å². The molecule has 0 bridgehead atoms. The van der Waals surface area contributed by atoms with Crippen molar-refractivity contribution < 1.29 is 29.3 Å². The predicted octanol–water partition coefficient (Wildman–Crippen LogP) is 4.62. The Morgan fingerprint density at radius 1 is 0.742 bits per heavy atom. The van der Waals surface area contributed by atoms with E-state index < -0.39 is 11.9 Å². The van der Waals surface area contributed by atoms with Gasteiger partial charge in [-0.25, -0.2) is 9.59 Å². The quantitative estimate of drug-likeness (QED) is 0.361. The molecule has 0 unspecified atom stereocenters. The summed E-state index contributed by atoms with van der Waals surface area (Å²) in [6.45, 7) is 8.59. The van der Waals surface area contributed by atoms with Gasteiger partial charge in [-0.3, -0.25) is 0 Å². The molecule has 2 aliphatic carbocycles. The summed E-state index contributed by atoms with van der Waals surface area (Å²) in [6.07, 6.45) is 6.25. The number of ether oxygens (including phenoxy) is 2. The summed E-state index contributed by atoms with van der Waals surface area (Å²) in [5, 5.41) is 23.9. The number of aliphatic carboxylic acids is 2. The predicted molar refractivity (Wildman–Crippen MR) is 124 cm³/mol. The Labute approximate surface area is 188 Å². The third-order valence-electron chi connectivity index (χ3n) is 4.61. The van der Waals surface area contributed by atoms with E-state index in [0.717, 1.165) is 43.5 Å². The molecular weight excluding hydrogens is 400 g/mol. The zero-order chi connectivity index (χ0) is 21.8. The van der Waals surface area contributed by atoms with Gasteiger partial charge < -0.3 is 30.3 Å². The molecule has 0 spiro atoms. The van der Waals surface area contributed by atoms with Crippen molar-refractivity contribution in [2.24, 2.45) is 0 Å². The molecule has 0 aromatic heterocycles. The number of carboxylic acid groups (broad SMARTS) is 2. The van der Waals surface area contributed by atoms with E-state index in [2.05, 4.69) is 10.6 Å². The molecule has 0 saturated carbocycles. The molecule has 0 aliphatic heterocycles. The van der Waals surface area contributed by atoms with Crippen molar-refractivity contribution in [3.8, 4) is 0 Å². The summed E-state index contributed by atoms with van der Waals surface area (Å²) in [5.74, 6) is -1.61. The molecule has 2 rings (SSSR count). The van der Waals surface area contributed by atoms with Crippen LogP contribution in [-0.2, 0) is 19.1 Å². The zero-order valence-corrected chi connectivity index (χ0v) is 18.0. The van der Waals surface area contributed by atoms with Crippen molar-refractivity contribution in [3.63, 3.8) is 0 Å². The van der Waals surface area contributed by atoms with E-state index in [-0.39, 0.29) is 27.1 Å². The average Bonchev–Trinajstić information content (AvgIpc) is 3.11. The minimum atomic E-state index is -0.811. The van der Waals surface area contributed by atoms with Gasteiger partial charge >= 0.3 is 11.9 Å². The third-order valence-corrected chi connectivity index (χ3v) is 4.61. The molecule has 0 radical (unpaired) electrons. The average molecular weight is 445 g/mol. The highest BCUT2D eigenvalue weighted by molar-refractivity contribution is 5.88. The van der Waals surface area contributed by atoms with E-state index in [1.807, 2.05) is 27.7 Å². The van der Waals surface area contributed by atoms with Crippen molar-refractivity contribution >= 4 is 11.9 Å². The first kappa shape index (κ1) is 31.1. The molecular formula is C23H44N2O6. The maximum absolute atomic E-state index is 10.9. The first-order valence-electron chi connectivity index (χ1n) is 10.3. The van der Waals surface area contributed by atoms with Crippen LogP contribution in [0, 0.1) is 0 Å². The van der Waals surface area contributed by atoms with E-state index in [9.17, 15) is 9.59 Å². The van der Waals surface area contributed by atoms with Gasteiger partial charge in [0.1, 0.15) is 13.5 Å². The van der Waals surface area contributed by atoms with Crippen molar-refractivity contribution in [3.05, 3.63) is 22.5 Å². The number of carbonyl (C=O) groups is 2. The normalized spacial score (nSPS) is 15.7. The molecule has 0 aromatic carbocycles. The van der Waals surface area contributed by atoms with Gasteiger partial charge in [0.05, 0.1) is 23.4 Å². The van der Waals surface area contributed by atoms with Crippen LogP contribution < -0.4 is 10.6 Å². The highest BCUT2D eigenvalue weighted by Crippen LogP contribution is 2.24. The van der Waals surface area contributed by atoms with Gasteiger partial charge in [0.2, 0.25) is 0 Å². The Morgan fingerprint density at radius 2 is 1.10 bits per heavy atom. The molecule has 4 N–H and O–H groups in total. The minimum absolute atomic E-state index is 0. The maximum Gasteiger partial charge on any atom is 0.333 e. The van der Waals surface area contributed by atoms with Crippen LogP contribution in [0.4, 0.5) is 0 Å². The van der Waals surface area contributed by atoms with Crippen LogP contribution in [-0.4, -0.2) is 47.8 Å². The monoisotopic (exact) mass is 444 g/mol. The summed E-state index contributed by atoms with van der Waals surface area (Å²) < 4.78 is 10.6. The molecule has 0 fully saturated rings. The standard InChI is InChI=1S/C11H19NO3.C10H17NO3.2CH4/c1-8(2)15-7-12-10-6-4-3-5-9(10)11(13)14;1-7(2)14-6-11-9-5-3-4-8(9)10(12)13;;/h8,12H,3-7H2,1-2H3,(H,13,14);7,11H,3-6H2,1-2H3,(H,12,13);2*1H4. The topological polar surface area (TPSA) is 117 Å². The molecule has 31 heavy (non-hydrogen) atoms. The van der Waals surface area contributed by atoms with E-state index in [1.165, 1.54) is 0 Å². The Balaban J connectivity index is 0. The molecule has 2 aliphatic rings. The second-order valence-corrected chi connectivity index (χ2v) is 7.66. The summed E-state index contributed by atoms with van der Waals surface area (Å²) in [4.78, 5) is 21.7. The molecule has 0 amide bonds. The molecule has 0 aromatic rings. The summed E-state index contributed by atoms with van der Waals surface area (Å²) in [5.41, 5.74) is 2.71. The summed E-state index contributed by atoms with van der Waals surface area (Å²) in [6, 6.07) is 0. The van der Waals surface area contributed by atoms with Crippen LogP contribution in [0.5, 0.6) is 0 Å². The van der Waals surface area contributed by atoms with Crippen molar-refractivity contribution in [2.45, 2.75) is 99.7 Å². The van der Waals surface area contributed by atoms with Crippen LogP contribution in [0.15, 0.2) is 22.5 Å². The SMILES string of the molecule is C.C.CC(C)OCNC1=C(C(=O)O)CCC1.CC(C)OCNC1=C(C(=O)O)CCCC1. The second-order valence-electron chi connectivity index (χ2n) is 7.66. The molecule has 0 atom stereocenters. The lowest BCUT2D eigenvalue weighted by Crippen LogP contribution is -2.25. The van der Waals surface area contributed by atoms with Crippen molar-refractivity contribution in [1.82, 2.24) is 10.6 Å². The van der Waals surface area contributed by atoms with Gasteiger partial charge in [0.15, 0.2) is 0 Å². The van der Waals surface area contributed by atoms with E-state index >= 15 is 0 Å². The number of rotatable bonds is 10. The van der Waals surface area contributed by atoms with Crippen LogP contribution >= 0.6 is 0 Å². The molecule has 8 nitrogen and oxygen atoms in total. The Kier molecular flexibility index (Phi) is 16.7. The van der Waals surface area contributed by atoms with Gasteiger partial charge in [-0.15, -0.1) is 0 Å².